The zero-order chi connectivity index (χ0) is 16.4. The predicted octanol–water partition coefficient (Wildman–Crippen LogP) is 2.92. The van der Waals surface area contributed by atoms with Crippen LogP contribution in [0.5, 0.6) is 0 Å². The first-order chi connectivity index (χ1) is 10.6. The minimum Gasteiger partial charge on any atom is -0.385 e. The quantitative estimate of drug-likeness (QED) is 0.714. The van der Waals surface area contributed by atoms with Gasteiger partial charge in [-0.3, -0.25) is 9.59 Å². The Morgan fingerprint density at radius 2 is 1.91 bits per heavy atom. The summed E-state index contributed by atoms with van der Waals surface area (Å²) in [5.41, 5.74) is 1.26. The number of hydrogen-bond donors (Lipinski definition) is 1. The van der Waals surface area contributed by atoms with Gasteiger partial charge in [-0.2, -0.15) is 0 Å². The lowest BCUT2D eigenvalue weighted by Crippen LogP contribution is -2.30. The number of methoxy groups -OCH3 is 1. The van der Waals surface area contributed by atoms with Gasteiger partial charge in [-0.05, 0) is 44.9 Å². The van der Waals surface area contributed by atoms with E-state index in [9.17, 15) is 9.59 Å². The number of anilines is 1. The van der Waals surface area contributed by atoms with E-state index < -0.39 is 0 Å². The SMILES string of the molecule is CCN(CC)C(=O)c1cccc(NC(=O)CCCCOC)c1. The lowest BCUT2D eigenvalue weighted by molar-refractivity contribution is -0.116. The molecule has 122 valence electrons. The summed E-state index contributed by atoms with van der Waals surface area (Å²) in [6.45, 7) is 5.91. The zero-order valence-electron chi connectivity index (χ0n) is 13.7. The van der Waals surface area contributed by atoms with Crippen molar-refractivity contribution in [2.24, 2.45) is 0 Å². The minimum absolute atomic E-state index is 0.0128. The van der Waals surface area contributed by atoms with E-state index in [1.807, 2.05) is 13.8 Å². The van der Waals surface area contributed by atoms with Gasteiger partial charge in [0, 0.05) is 44.5 Å². The maximum absolute atomic E-state index is 12.3. The molecule has 5 nitrogen and oxygen atoms in total. The van der Waals surface area contributed by atoms with Crippen molar-refractivity contribution < 1.29 is 14.3 Å². The number of carbonyl (C=O) groups is 2. The van der Waals surface area contributed by atoms with E-state index in [4.69, 9.17) is 4.74 Å². The monoisotopic (exact) mass is 306 g/mol. The van der Waals surface area contributed by atoms with Crippen LogP contribution in [0.4, 0.5) is 5.69 Å². The van der Waals surface area contributed by atoms with Crippen molar-refractivity contribution in [2.75, 3.05) is 32.1 Å². The number of benzene rings is 1. The summed E-state index contributed by atoms with van der Waals surface area (Å²) in [6.07, 6.45) is 2.11. The van der Waals surface area contributed by atoms with Crippen LogP contribution in [-0.4, -0.2) is 43.5 Å². The van der Waals surface area contributed by atoms with E-state index in [-0.39, 0.29) is 11.8 Å². The van der Waals surface area contributed by atoms with Gasteiger partial charge >= 0.3 is 0 Å². The Hall–Kier alpha value is -1.88. The summed E-state index contributed by atoms with van der Waals surface area (Å²) >= 11 is 0. The van der Waals surface area contributed by atoms with Gasteiger partial charge in [0.25, 0.3) is 5.91 Å². The van der Waals surface area contributed by atoms with Crippen LogP contribution in [0.25, 0.3) is 0 Å². The van der Waals surface area contributed by atoms with E-state index in [0.29, 0.717) is 37.4 Å². The first kappa shape index (κ1) is 18.2. The Morgan fingerprint density at radius 3 is 2.55 bits per heavy atom. The van der Waals surface area contributed by atoms with Gasteiger partial charge in [0.2, 0.25) is 5.91 Å². The molecule has 0 saturated heterocycles. The van der Waals surface area contributed by atoms with Gasteiger partial charge in [0.1, 0.15) is 0 Å². The molecule has 0 spiro atoms. The van der Waals surface area contributed by atoms with E-state index in [0.717, 1.165) is 12.8 Å². The lowest BCUT2D eigenvalue weighted by Gasteiger charge is -2.19. The lowest BCUT2D eigenvalue weighted by atomic mass is 10.1. The molecule has 0 fully saturated rings. The number of hydrogen-bond acceptors (Lipinski definition) is 3. The van der Waals surface area contributed by atoms with E-state index >= 15 is 0 Å². The van der Waals surface area contributed by atoms with E-state index in [1.54, 1.807) is 36.3 Å². The molecule has 0 unspecified atom stereocenters. The summed E-state index contributed by atoms with van der Waals surface area (Å²) in [7, 11) is 1.65. The summed E-state index contributed by atoms with van der Waals surface area (Å²) in [5.74, 6) is -0.0512. The Labute approximate surface area is 132 Å². The minimum atomic E-state index is -0.0384. The molecule has 2 amide bonds. The third kappa shape index (κ3) is 5.85. The second-order valence-corrected chi connectivity index (χ2v) is 5.06. The molecule has 5 heteroatoms. The molecule has 1 aromatic carbocycles. The number of rotatable bonds is 9. The highest BCUT2D eigenvalue weighted by Gasteiger charge is 2.13. The fourth-order valence-electron chi connectivity index (χ4n) is 2.18. The third-order valence-electron chi connectivity index (χ3n) is 3.45. The van der Waals surface area contributed by atoms with Crippen LogP contribution >= 0.6 is 0 Å². The molecule has 0 bridgehead atoms. The Morgan fingerprint density at radius 1 is 1.18 bits per heavy atom. The molecule has 0 radical (unpaired) electrons. The fourth-order valence-corrected chi connectivity index (χ4v) is 2.18. The largest absolute Gasteiger partial charge is 0.385 e. The number of amides is 2. The van der Waals surface area contributed by atoms with Crippen LogP contribution in [0.15, 0.2) is 24.3 Å². The maximum Gasteiger partial charge on any atom is 0.253 e. The van der Waals surface area contributed by atoms with E-state index in [2.05, 4.69) is 5.32 Å². The summed E-state index contributed by atoms with van der Waals surface area (Å²) in [5, 5.41) is 2.84. The zero-order valence-corrected chi connectivity index (χ0v) is 13.7. The van der Waals surface area contributed by atoms with Crippen LogP contribution < -0.4 is 5.32 Å². The van der Waals surface area contributed by atoms with Crippen molar-refractivity contribution in [1.29, 1.82) is 0 Å². The molecule has 1 rings (SSSR count). The number of ether oxygens (including phenoxy) is 1. The van der Waals surface area contributed by atoms with Crippen molar-refractivity contribution >= 4 is 17.5 Å². The highest BCUT2D eigenvalue weighted by molar-refractivity contribution is 5.97. The van der Waals surface area contributed by atoms with Crippen molar-refractivity contribution in [3.8, 4) is 0 Å². The second kappa shape index (κ2) is 9.95. The van der Waals surface area contributed by atoms with Crippen LogP contribution in [-0.2, 0) is 9.53 Å². The summed E-state index contributed by atoms with van der Waals surface area (Å²) in [6, 6.07) is 7.09. The third-order valence-corrected chi connectivity index (χ3v) is 3.45. The van der Waals surface area contributed by atoms with Crippen molar-refractivity contribution in [2.45, 2.75) is 33.1 Å². The predicted molar refractivity (Wildman–Crippen MR) is 88.1 cm³/mol. The van der Waals surface area contributed by atoms with Crippen molar-refractivity contribution in [3.63, 3.8) is 0 Å². The molecule has 0 aliphatic heterocycles. The van der Waals surface area contributed by atoms with Gasteiger partial charge in [-0.15, -0.1) is 0 Å². The van der Waals surface area contributed by atoms with Crippen LogP contribution in [0, 0.1) is 0 Å². The Bertz CT molecular complexity index is 485. The maximum atomic E-state index is 12.3. The molecule has 1 N–H and O–H groups in total. The Balaban J connectivity index is 2.60. The molecule has 0 aliphatic rings. The number of carbonyl (C=O) groups excluding carboxylic acids is 2. The van der Waals surface area contributed by atoms with E-state index in [1.165, 1.54) is 0 Å². The normalized spacial score (nSPS) is 10.3. The average molecular weight is 306 g/mol. The van der Waals surface area contributed by atoms with Gasteiger partial charge in [-0.25, -0.2) is 0 Å². The summed E-state index contributed by atoms with van der Waals surface area (Å²) < 4.78 is 4.95. The van der Waals surface area contributed by atoms with Gasteiger partial charge in [0.05, 0.1) is 0 Å². The van der Waals surface area contributed by atoms with Crippen molar-refractivity contribution in [3.05, 3.63) is 29.8 Å². The van der Waals surface area contributed by atoms with Crippen LogP contribution in [0.3, 0.4) is 0 Å². The number of unbranched alkanes of at least 4 members (excludes halogenated alkanes) is 1. The molecule has 0 aliphatic carbocycles. The molecular weight excluding hydrogens is 280 g/mol. The first-order valence-corrected chi connectivity index (χ1v) is 7.80. The highest BCUT2D eigenvalue weighted by atomic mass is 16.5. The topological polar surface area (TPSA) is 58.6 Å². The summed E-state index contributed by atoms with van der Waals surface area (Å²) in [4.78, 5) is 25.9. The molecular formula is C17H26N2O3. The molecule has 0 aromatic heterocycles. The van der Waals surface area contributed by atoms with Crippen LogP contribution in [0.1, 0.15) is 43.5 Å². The standard InChI is InChI=1S/C17H26N2O3/c1-4-19(5-2)17(21)14-9-8-10-15(13-14)18-16(20)11-6-7-12-22-3/h8-10,13H,4-7,11-12H2,1-3H3,(H,18,20). The van der Waals surface area contributed by atoms with Gasteiger partial charge < -0.3 is 15.0 Å². The average Bonchev–Trinajstić information content (AvgIpc) is 2.53. The smallest absolute Gasteiger partial charge is 0.253 e. The Kier molecular flexibility index (Phi) is 8.22. The molecule has 0 heterocycles. The molecule has 0 saturated carbocycles. The molecule has 22 heavy (non-hydrogen) atoms. The molecule has 0 atom stereocenters. The van der Waals surface area contributed by atoms with Gasteiger partial charge in [-0.1, -0.05) is 6.07 Å². The van der Waals surface area contributed by atoms with Crippen LogP contribution in [0.2, 0.25) is 0 Å². The first-order valence-electron chi connectivity index (χ1n) is 7.80. The number of nitrogens with zero attached hydrogens (tertiary/aromatic N) is 1. The van der Waals surface area contributed by atoms with Gasteiger partial charge in [0.15, 0.2) is 0 Å². The molecule has 1 aromatic rings. The highest BCUT2D eigenvalue weighted by Crippen LogP contribution is 2.13. The van der Waals surface area contributed by atoms with Crippen molar-refractivity contribution in [1.82, 2.24) is 4.90 Å². The fraction of sp³-hybridized carbons (Fsp3) is 0.529. The number of nitrogens with one attached hydrogen (secondary N) is 1. The second-order valence-electron chi connectivity index (χ2n) is 5.06.